The Kier molecular flexibility index (Phi) is 4.87. The predicted molar refractivity (Wildman–Crippen MR) is 104 cm³/mol. The minimum Gasteiger partial charge on any atom is -0.488 e. The molecular formula is C21H21N3O3. The maximum absolute atomic E-state index is 12.5. The van der Waals surface area contributed by atoms with E-state index < -0.39 is 0 Å². The normalized spacial score (nSPS) is 14.4. The Morgan fingerprint density at radius 3 is 2.70 bits per heavy atom. The molecule has 6 heteroatoms. The number of hydrogen-bond donors (Lipinski definition) is 1. The summed E-state index contributed by atoms with van der Waals surface area (Å²) in [6.07, 6.45) is 6.23. The summed E-state index contributed by atoms with van der Waals surface area (Å²) in [6.45, 7) is -0.151. The molecule has 2 aromatic carbocycles. The highest BCUT2D eigenvalue weighted by atomic mass is 16.5. The molecule has 3 aromatic rings. The first-order valence-electron chi connectivity index (χ1n) is 9.21. The van der Waals surface area contributed by atoms with Crippen molar-refractivity contribution in [2.75, 3.05) is 5.32 Å². The Morgan fingerprint density at radius 2 is 1.85 bits per heavy atom. The zero-order valence-electron chi connectivity index (χ0n) is 14.9. The largest absolute Gasteiger partial charge is 0.488 e. The van der Waals surface area contributed by atoms with E-state index in [4.69, 9.17) is 4.74 Å². The number of aromatic nitrogens is 2. The van der Waals surface area contributed by atoms with Crippen molar-refractivity contribution in [3.8, 4) is 5.75 Å². The molecule has 6 nitrogen and oxygen atoms in total. The van der Waals surface area contributed by atoms with Crippen LogP contribution in [-0.2, 0) is 11.3 Å². The van der Waals surface area contributed by atoms with Crippen molar-refractivity contribution in [1.29, 1.82) is 0 Å². The van der Waals surface area contributed by atoms with Gasteiger partial charge in [0.25, 0.3) is 5.56 Å². The summed E-state index contributed by atoms with van der Waals surface area (Å²) >= 11 is 0. The Hall–Kier alpha value is -3.15. The fraction of sp³-hybridized carbons (Fsp3) is 0.286. The smallest absolute Gasteiger partial charge is 0.275 e. The minimum absolute atomic E-state index is 0.151. The van der Waals surface area contributed by atoms with Crippen LogP contribution < -0.4 is 15.6 Å². The number of carbonyl (C=O) groups excluding carboxylic acids is 1. The van der Waals surface area contributed by atoms with Crippen LogP contribution in [0.15, 0.2) is 59.5 Å². The lowest BCUT2D eigenvalue weighted by Crippen LogP contribution is -2.29. The van der Waals surface area contributed by atoms with Crippen molar-refractivity contribution < 1.29 is 9.53 Å². The van der Waals surface area contributed by atoms with Crippen LogP contribution in [-0.4, -0.2) is 21.8 Å². The number of ether oxygens (including phenoxy) is 1. The van der Waals surface area contributed by atoms with Gasteiger partial charge in [-0.1, -0.05) is 30.3 Å². The van der Waals surface area contributed by atoms with Gasteiger partial charge in [-0.3, -0.25) is 9.59 Å². The van der Waals surface area contributed by atoms with Crippen LogP contribution in [0.1, 0.15) is 25.7 Å². The molecule has 1 saturated carbocycles. The van der Waals surface area contributed by atoms with Gasteiger partial charge in [0.2, 0.25) is 5.91 Å². The van der Waals surface area contributed by atoms with Crippen molar-refractivity contribution >= 4 is 22.4 Å². The number of fused-ring (bicyclic) bond motifs is 1. The van der Waals surface area contributed by atoms with E-state index >= 15 is 0 Å². The molecule has 1 N–H and O–H groups in total. The Bertz CT molecular complexity index is 1020. The van der Waals surface area contributed by atoms with Crippen molar-refractivity contribution in [1.82, 2.24) is 9.78 Å². The van der Waals surface area contributed by atoms with E-state index in [0.717, 1.165) is 18.2 Å². The topological polar surface area (TPSA) is 73.2 Å². The van der Waals surface area contributed by atoms with E-state index in [-0.39, 0.29) is 24.1 Å². The third-order valence-corrected chi connectivity index (χ3v) is 4.81. The molecule has 1 fully saturated rings. The number of para-hydroxylation sites is 2. The van der Waals surface area contributed by atoms with E-state index in [1.807, 2.05) is 30.3 Å². The molecular weight excluding hydrogens is 342 g/mol. The van der Waals surface area contributed by atoms with Gasteiger partial charge in [0.15, 0.2) is 0 Å². The molecule has 0 atom stereocenters. The van der Waals surface area contributed by atoms with Gasteiger partial charge in [-0.05, 0) is 43.9 Å². The molecule has 1 amide bonds. The third kappa shape index (κ3) is 3.84. The number of nitrogens with one attached hydrogen (secondary N) is 1. The van der Waals surface area contributed by atoms with Gasteiger partial charge < -0.3 is 10.1 Å². The molecule has 0 saturated heterocycles. The number of nitrogens with zero attached hydrogens (tertiary/aromatic N) is 2. The average molecular weight is 363 g/mol. The Morgan fingerprint density at radius 1 is 1.11 bits per heavy atom. The van der Waals surface area contributed by atoms with Crippen molar-refractivity contribution in [3.05, 3.63) is 65.1 Å². The number of anilines is 1. The predicted octanol–water partition coefficient (Wildman–Crippen LogP) is 3.36. The SMILES string of the molecule is O=C(Cn1ncc2ccccc2c1=O)Nc1ccccc1OC1CCCC1. The highest BCUT2D eigenvalue weighted by molar-refractivity contribution is 5.92. The summed E-state index contributed by atoms with van der Waals surface area (Å²) in [7, 11) is 0. The van der Waals surface area contributed by atoms with E-state index in [2.05, 4.69) is 10.4 Å². The maximum Gasteiger partial charge on any atom is 0.275 e. The second kappa shape index (κ2) is 7.61. The minimum atomic E-state index is -0.317. The molecule has 0 bridgehead atoms. The lowest BCUT2D eigenvalue weighted by molar-refractivity contribution is -0.117. The van der Waals surface area contributed by atoms with Crippen LogP contribution in [0.5, 0.6) is 5.75 Å². The summed E-state index contributed by atoms with van der Waals surface area (Å²) in [5, 5.41) is 8.26. The summed E-state index contributed by atoms with van der Waals surface area (Å²) in [5.74, 6) is 0.346. The van der Waals surface area contributed by atoms with Crippen LogP contribution in [0.2, 0.25) is 0 Å². The van der Waals surface area contributed by atoms with Gasteiger partial charge in [0, 0.05) is 5.39 Å². The monoisotopic (exact) mass is 363 g/mol. The molecule has 1 aromatic heterocycles. The molecule has 27 heavy (non-hydrogen) atoms. The van der Waals surface area contributed by atoms with E-state index in [1.165, 1.54) is 17.5 Å². The fourth-order valence-corrected chi connectivity index (χ4v) is 3.42. The molecule has 0 aliphatic heterocycles. The number of amides is 1. The first-order chi connectivity index (χ1) is 13.2. The molecule has 138 valence electrons. The molecule has 0 unspecified atom stereocenters. The standard InChI is InChI=1S/C21H21N3O3/c25-20(14-24-21(26)17-10-4-1-7-15(17)13-22-24)23-18-11-5-6-12-19(18)27-16-8-2-3-9-16/h1,4-7,10-13,16H,2-3,8-9,14H2,(H,23,25). The molecule has 1 aliphatic carbocycles. The summed E-state index contributed by atoms with van der Waals surface area (Å²) in [5.41, 5.74) is 0.335. The number of rotatable bonds is 5. The Balaban J connectivity index is 1.50. The van der Waals surface area contributed by atoms with E-state index in [0.29, 0.717) is 16.8 Å². The van der Waals surface area contributed by atoms with Crippen LogP contribution >= 0.6 is 0 Å². The molecule has 1 heterocycles. The second-order valence-electron chi connectivity index (χ2n) is 6.76. The number of carbonyl (C=O) groups is 1. The molecule has 4 rings (SSSR count). The number of hydrogen-bond acceptors (Lipinski definition) is 4. The quantitative estimate of drug-likeness (QED) is 0.754. The van der Waals surface area contributed by atoms with Crippen LogP contribution in [0.4, 0.5) is 5.69 Å². The zero-order valence-corrected chi connectivity index (χ0v) is 14.9. The van der Waals surface area contributed by atoms with Crippen molar-refractivity contribution in [2.45, 2.75) is 38.3 Å². The van der Waals surface area contributed by atoms with Crippen molar-refractivity contribution in [3.63, 3.8) is 0 Å². The molecule has 1 aliphatic rings. The fourth-order valence-electron chi connectivity index (χ4n) is 3.42. The lowest BCUT2D eigenvalue weighted by atomic mass is 10.2. The summed E-state index contributed by atoms with van der Waals surface area (Å²) in [4.78, 5) is 25.0. The van der Waals surface area contributed by atoms with Crippen molar-refractivity contribution in [2.24, 2.45) is 0 Å². The van der Waals surface area contributed by atoms with Gasteiger partial charge in [-0.2, -0.15) is 5.10 Å². The third-order valence-electron chi connectivity index (χ3n) is 4.81. The zero-order chi connectivity index (χ0) is 18.6. The number of benzene rings is 2. The average Bonchev–Trinajstić information content (AvgIpc) is 3.19. The van der Waals surface area contributed by atoms with E-state index in [1.54, 1.807) is 24.4 Å². The maximum atomic E-state index is 12.5. The molecule has 0 spiro atoms. The highest BCUT2D eigenvalue weighted by Crippen LogP contribution is 2.29. The highest BCUT2D eigenvalue weighted by Gasteiger charge is 2.18. The summed E-state index contributed by atoms with van der Waals surface area (Å²) < 4.78 is 7.22. The second-order valence-corrected chi connectivity index (χ2v) is 6.76. The summed E-state index contributed by atoms with van der Waals surface area (Å²) in [6, 6.07) is 14.6. The Labute approximate surface area is 156 Å². The lowest BCUT2D eigenvalue weighted by Gasteiger charge is -2.17. The van der Waals surface area contributed by atoms with Gasteiger partial charge in [-0.25, -0.2) is 4.68 Å². The van der Waals surface area contributed by atoms with Crippen LogP contribution in [0, 0.1) is 0 Å². The van der Waals surface area contributed by atoms with Gasteiger partial charge >= 0.3 is 0 Å². The van der Waals surface area contributed by atoms with E-state index in [9.17, 15) is 9.59 Å². The van der Waals surface area contributed by atoms with Gasteiger partial charge in [-0.15, -0.1) is 0 Å². The molecule has 0 radical (unpaired) electrons. The van der Waals surface area contributed by atoms with Gasteiger partial charge in [0.1, 0.15) is 12.3 Å². The first kappa shape index (κ1) is 17.3. The van der Waals surface area contributed by atoms with Crippen LogP contribution in [0.3, 0.4) is 0 Å². The van der Waals surface area contributed by atoms with Crippen LogP contribution in [0.25, 0.3) is 10.8 Å². The first-order valence-corrected chi connectivity index (χ1v) is 9.21. The van der Waals surface area contributed by atoms with Gasteiger partial charge in [0.05, 0.1) is 23.4 Å².